The smallest absolute Gasteiger partial charge is 0.122 e. The van der Waals surface area contributed by atoms with Gasteiger partial charge in [0.15, 0.2) is 0 Å². The van der Waals surface area contributed by atoms with Crippen LogP contribution in [-0.2, 0) is 12.8 Å². The van der Waals surface area contributed by atoms with Crippen LogP contribution in [0.25, 0.3) is 0 Å². The van der Waals surface area contributed by atoms with Crippen molar-refractivity contribution in [2.45, 2.75) is 38.8 Å². The van der Waals surface area contributed by atoms with Crippen LogP contribution < -0.4 is 10.1 Å². The lowest BCUT2D eigenvalue weighted by atomic mass is 10.0. The minimum atomic E-state index is 0. The lowest BCUT2D eigenvalue weighted by Crippen LogP contribution is -2.30. The highest BCUT2D eigenvalue weighted by atomic mass is 35.5. The molecular weight excluding hydrogens is 294 g/mol. The van der Waals surface area contributed by atoms with E-state index in [1.54, 1.807) is 0 Å². The zero-order valence-corrected chi connectivity index (χ0v) is 14.0. The average Bonchev–Trinajstić information content (AvgIpc) is 2.95. The third kappa shape index (κ3) is 4.02. The Morgan fingerprint density at radius 1 is 1.09 bits per heavy atom. The van der Waals surface area contributed by atoms with Crippen LogP contribution >= 0.6 is 12.4 Å². The van der Waals surface area contributed by atoms with E-state index in [4.69, 9.17) is 4.74 Å². The molecule has 2 nitrogen and oxygen atoms in total. The number of halogens is 1. The molecular formula is C19H24ClNO. The molecule has 3 heteroatoms. The summed E-state index contributed by atoms with van der Waals surface area (Å²) in [6, 6.07) is 18.0. The standard InChI is InChI=1S/C19H23NO.ClH/c1-14(20-15(2)17-6-4-3-5-7-17)12-16-8-9-19-18(13-16)10-11-21-19;/h3-9,13-15,20H,10-12H2,1-2H3;1H/t14-,15-;/m0./s1. The third-order valence-corrected chi connectivity index (χ3v) is 4.13. The molecule has 1 heterocycles. The van der Waals surface area contributed by atoms with Crippen LogP contribution in [0.4, 0.5) is 0 Å². The Bertz CT molecular complexity index is 600. The Labute approximate surface area is 139 Å². The predicted molar refractivity (Wildman–Crippen MR) is 94.0 cm³/mol. The average molecular weight is 318 g/mol. The number of nitrogens with one attached hydrogen (secondary N) is 1. The molecule has 2 aromatic carbocycles. The predicted octanol–water partition coefficient (Wildman–Crippen LogP) is 4.33. The van der Waals surface area contributed by atoms with Gasteiger partial charge in [0.25, 0.3) is 0 Å². The minimum Gasteiger partial charge on any atom is -0.493 e. The number of hydrogen-bond donors (Lipinski definition) is 1. The molecule has 0 bridgehead atoms. The second-order valence-corrected chi connectivity index (χ2v) is 5.94. The third-order valence-electron chi connectivity index (χ3n) is 4.13. The Morgan fingerprint density at radius 2 is 1.86 bits per heavy atom. The van der Waals surface area contributed by atoms with Crippen molar-refractivity contribution in [3.05, 3.63) is 65.2 Å². The zero-order valence-electron chi connectivity index (χ0n) is 13.2. The molecule has 0 radical (unpaired) electrons. The maximum Gasteiger partial charge on any atom is 0.122 e. The normalized spacial score (nSPS) is 15.4. The van der Waals surface area contributed by atoms with Gasteiger partial charge < -0.3 is 10.1 Å². The van der Waals surface area contributed by atoms with Crippen molar-refractivity contribution in [1.82, 2.24) is 5.32 Å². The Morgan fingerprint density at radius 3 is 2.64 bits per heavy atom. The highest BCUT2D eigenvalue weighted by molar-refractivity contribution is 5.85. The molecule has 118 valence electrons. The van der Waals surface area contributed by atoms with E-state index in [1.807, 2.05) is 0 Å². The van der Waals surface area contributed by atoms with Gasteiger partial charge in [-0.2, -0.15) is 0 Å². The number of fused-ring (bicyclic) bond motifs is 1. The Kier molecular flexibility index (Phi) is 5.87. The largest absolute Gasteiger partial charge is 0.493 e. The fourth-order valence-corrected chi connectivity index (χ4v) is 3.04. The van der Waals surface area contributed by atoms with Gasteiger partial charge in [-0.3, -0.25) is 0 Å². The van der Waals surface area contributed by atoms with E-state index in [2.05, 4.69) is 67.7 Å². The second kappa shape index (κ2) is 7.66. The van der Waals surface area contributed by atoms with Crippen molar-refractivity contribution < 1.29 is 4.74 Å². The Hall–Kier alpha value is -1.51. The van der Waals surface area contributed by atoms with E-state index in [9.17, 15) is 0 Å². The van der Waals surface area contributed by atoms with Crippen molar-refractivity contribution in [3.63, 3.8) is 0 Å². The highest BCUT2D eigenvalue weighted by Gasteiger charge is 2.14. The molecule has 0 saturated heterocycles. The Balaban J connectivity index is 0.00000176. The van der Waals surface area contributed by atoms with E-state index in [1.165, 1.54) is 16.7 Å². The topological polar surface area (TPSA) is 21.3 Å². The van der Waals surface area contributed by atoms with Gasteiger partial charge in [-0.15, -0.1) is 12.4 Å². The minimum absolute atomic E-state index is 0. The zero-order chi connectivity index (χ0) is 14.7. The molecule has 0 aromatic heterocycles. The summed E-state index contributed by atoms with van der Waals surface area (Å²) in [5, 5.41) is 3.68. The number of hydrogen-bond acceptors (Lipinski definition) is 2. The molecule has 0 aliphatic carbocycles. The lowest BCUT2D eigenvalue weighted by molar-refractivity contribution is 0.357. The summed E-state index contributed by atoms with van der Waals surface area (Å²) >= 11 is 0. The van der Waals surface area contributed by atoms with Crippen molar-refractivity contribution in [2.24, 2.45) is 0 Å². The van der Waals surface area contributed by atoms with Crippen LogP contribution in [0.15, 0.2) is 48.5 Å². The van der Waals surface area contributed by atoms with Gasteiger partial charge in [0.1, 0.15) is 5.75 Å². The van der Waals surface area contributed by atoms with Gasteiger partial charge in [-0.05, 0) is 43.0 Å². The van der Waals surface area contributed by atoms with Crippen LogP contribution in [0.5, 0.6) is 5.75 Å². The first-order valence-electron chi connectivity index (χ1n) is 7.78. The van der Waals surface area contributed by atoms with Crippen molar-refractivity contribution in [3.8, 4) is 5.75 Å². The maximum atomic E-state index is 5.57. The summed E-state index contributed by atoms with van der Waals surface area (Å²) < 4.78 is 5.57. The first-order valence-corrected chi connectivity index (χ1v) is 7.78. The highest BCUT2D eigenvalue weighted by Crippen LogP contribution is 2.26. The van der Waals surface area contributed by atoms with E-state index >= 15 is 0 Å². The van der Waals surface area contributed by atoms with Gasteiger partial charge in [0.2, 0.25) is 0 Å². The van der Waals surface area contributed by atoms with E-state index in [0.717, 1.165) is 25.2 Å². The molecule has 1 aliphatic heterocycles. The molecule has 2 aromatic rings. The summed E-state index contributed by atoms with van der Waals surface area (Å²) in [4.78, 5) is 0. The van der Waals surface area contributed by atoms with Crippen LogP contribution in [0.1, 0.15) is 36.6 Å². The molecule has 0 amide bonds. The van der Waals surface area contributed by atoms with Crippen molar-refractivity contribution >= 4 is 12.4 Å². The quantitative estimate of drug-likeness (QED) is 0.886. The maximum absolute atomic E-state index is 5.57. The molecule has 22 heavy (non-hydrogen) atoms. The number of benzene rings is 2. The molecule has 2 atom stereocenters. The van der Waals surface area contributed by atoms with Gasteiger partial charge >= 0.3 is 0 Å². The van der Waals surface area contributed by atoms with Crippen LogP contribution in [-0.4, -0.2) is 12.6 Å². The molecule has 0 fully saturated rings. The molecule has 0 spiro atoms. The SMILES string of the molecule is C[C@H](N[C@@H](C)Cc1ccc2c(c1)CCO2)c1ccccc1.Cl. The van der Waals surface area contributed by atoms with Gasteiger partial charge in [-0.25, -0.2) is 0 Å². The first-order chi connectivity index (χ1) is 10.2. The number of ether oxygens (including phenoxy) is 1. The fraction of sp³-hybridized carbons (Fsp3) is 0.368. The molecule has 3 rings (SSSR count). The van der Waals surface area contributed by atoms with Gasteiger partial charge in [-0.1, -0.05) is 42.5 Å². The number of rotatable bonds is 5. The summed E-state index contributed by atoms with van der Waals surface area (Å²) in [6.07, 6.45) is 2.09. The lowest BCUT2D eigenvalue weighted by Gasteiger charge is -2.20. The second-order valence-electron chi connectivity index (χ2n) is 5.94. The molecule has 1 N–H and O–H groups in total. The van der Waals surface area contributed by atoms with Gasteiger partial charge in [0.05, 0.1) is 6.61 Å². The fourth-order valence-electron chi connectivity index (χ4n) is 3.04. The first kappa shape index (κ1) is 16.9. The van der Waals surface area contributed by atoms with E-state index < -0.39 is 0 Å². The van der Waals surface area contributed by atoms with Crippen LogP contribution in [0.2, 0.25) is 0 Å². The van der Waals surface area contributed by atoms with Crippen LogP contribution in [0.3, 0.4) is 0 Å². The summed E-state index contributed by atoms with van der Waals surface area (Å²) in [5.74, 6) is 1.07. The monoisotopic (exact) mass is 317 g/mol. The van der Waals surface area contributed by atoms with Crippen LogP contribution in [0, 0.1) is 0 Å². The summed E-state index contributed by atoms with van der Waals surface area (Å²) in [7, 11) is 0. The molecule has 0 saturated carbocycles. The van der Waals surface area contributed by atoms with Crippen molar-refractivity contribution in [2.75, 3.05) is 6.61 Å². The van der Waals surface area contributed by atoms with E-state index in [-0.39, 0.29) is 12.4 Å². The molecule has 1 aliphatic rings. The summed E-state index contributed by atoms with van der Waals surface area (Å²) in [6.45, 7) is 5.31. The van der Waals surface area contributed by atoms with Crippen molar-refractivity contribution in [1.29, 1.82) is 0 Å². The molecule has 0 unspecified atom stereocenters. The van der Waals surface area contributed by atoms with E-state index in [0.29, 0.717) is 12.1 Å². The summed E-state index contributed by atoms with van der Waals surface area (Å²) in [5.41, 5.74) is 4.09. The van der Waals surface area contributed by atoms with Gasteiger partial charge in [0, 0.05) is 18.5 Å².